The summed E-state index contributed by atoms with van der Waals surface area (Å²) in [5.74, 6) is -0.435. The van der Waals surface area contributed by atoms with Crippen LogP contribution < -0.4 is 0 Å². The number of carbonyl (C=O) groups is 1. The van der Waals surface area contributed by atoms with Crippen molar-refractivity contribution in [3.8, 4) is 0 Å². The van der Waals surface area contributed by atoms with Crippen molar-refractivity contribution >= 4 is 27.5 Å². The highest BCUT2D eigenvalue weighted by atomic mass is 79.9. The third-order valence-corrected chi connectivity index (χ3v) is 2.99. The summed E-state index contributed by atoms with van der Waals surface area (Å²) in [6.07, 6.45) is 1.41. The summed E-state index contributed by atoms with van der Waals surface area (Å²) in [6.45, 7) is -0.0313. The van der Waals surface area contributed by atoms with Gasteiger partial charge in [-0.2, -0.15) is 4.68 Å². The van der Waals surface area contributed by atoms with Crippen molar-refractivity contribution in [2.75, 3.05) is 0 Å². The monoisotopic (exact) mass is 309 g/mol. The Balaban J connectivity index is 2.16. The van der Waals surface area contributed by atoms with Crippen molar-refractivity contribution in [2.24, 2.45) is 0 Å². The van der Waals surface area contributed by atoms with Gasteiger partial charge >= 0.3 is 5.82 Å². The highest BCUT2D eigenvalue weighted by Gasteiger charge is 2.15. The van der Waals surface area contributed by atoms with Gasteiger partial charge in [0, 0.05) is 10.0 Å². The summed E-state index contributed by atoms with van der Waals surface area (Å²) >= 11 is 3.28. The van der Waals surface area contributed by atoms with Crippen LogP contribution in [0.25, 0.3) is 0 Å². The smallest absolute Gasteiger partial charge is 0.358 e. The molecular formula is C11H8BrN3O3. The van der Waals surface area contributed by atoms with Gasteiger partial charge in [0.05, 0.1) is 17.4 Å². The molecule has 2 aromatic rings. The highest BCUT2D eigenvalue weighted by molar-refractivity contribution is 9.10. The lowest BCUT2D eigenvalue weighted by Gasteiger charge is -2.01. The van der Waals surface area contributed by atoms with Crippen LogP contribution in [0.15, 0.2) is 41.0 Å². The fourth-order valence-corrected chi connectivity index (χ4v) is 1.96. The maximum atomic E-state index is 12.0. The van der Waals surface area contributed by atoms with Crippen LogP contribution in [0.4, 0.5) is 5.82 Å². The molecule has 0 atom stereocenters. The minimum atomic E-state index is -0.598. The van der Waals surface area contributed by atoms with E-state index in [1.807, 2.05) is 0 Å². The number of rotatable bonds is 4. The van der Waals surface area contributed by atoms with E-state index in [1.165, 1.54) is 16.9 Å². The molecular weight excluding hydrogens is 302 g/mol. The molecule has 1 aromatic heterocycles. The zero-order valence-corrected chi connectivity index (χ0v) is 10.7. The summed E-state index contributed by atoms with van der Waals surface area (Å²) in [5.41, 5.74) is 0.524. The van der Waals surface area contributed by atoms with Crippen LogP contribution in [-0.2, 0) is 6.54 Å². The normalized spacial score (nSPS) is 10.3. The molecule has 0 fully saturated rings. The van der Waals surface area contributed by atoms with E-state index in [0.29, 0.717) is 10.0 Å². The largest absolute Gasteiger partial charge is 0.389 e. The van der Waals surface area contributed by atoms with Gasteiger partial charge in [-0.15, -0.1) is 0 Å². The number of halogens is 1. The molecule has 18 heavy (non-hydrogen) atoms. The summed E-state index contributed by atoms with van der Waals surface area (Å²) in [7, 11) is 0. The minimum absolute atomic E-state index is 0.0313. The second-order valence-electron chi connectivity index (χ2n) is 3.53. The third-order valence-electron chi connectivity index (χ3n) is 2.29. The van der Waals surface area contributed by atoms with E-state index in [2.05, 4.69) is 21.0 Å². The first-order valence-electron chi connectivity index (χ1n) is 5.03. The molecule has 0 saturated heterocycles. The number of nitro groups is 1. The Hall–Kier alpha value is -2.02. The third kappa shape index (κ3) is 2.62. The van der Waals surface area contributed by atoms with Gasteiger partial charge in [0.25, 0.3) is 0 Å². The van der Waals surface area contributed by atoms with E-state index in [1.54, 1.807) is 24.3 Å². The summed E-state index contributed by atoms with van der Waals surface area (Å²) in [5, 5.41) is 14.1. The topological polar surface area (TPSA) is 78.0 Å². The lowest BCUT2D eigenvalue weighted by molar-refractivity contribution is -0.389. The molecule has 1 aromatic carbocycles. The van der Waals surface area contributed by atoms with E-state index < -0.39 is 4.92 Å². The number of Topliss-reactive ketones (excluding diaryl/α,β-unsaturated/α-hetero) is 1. The van der Waals surface area contributed by atoms with Crippen molar-refractivity contribution in [1.29, 1.82) is 0 Å². The molecule has 92 valence electrons. The minimum Gasteiger partial charge on any atom is -0.358 e. The Morgan fingerprint density at radius 2 is 2.11 bits per heavy atom. The predicted octanol–water partition coefficient (Wildman–Crippen LogP) is 2.44. The fraction of sp³-hybridized carbons (Fsp3) is 0.0909. The van der Waals surface area contributed by atoms with Crippen LogP contribution in [0.3, 0.4) is 0 Å². The maximum absolute atomic E-state index is 12.0. The molecule has 0 N–H and O–H groups in total. The highest BCUT2D eigenvalue weighted by Crippen LogP contribution is 2.17. The number of carbonyl (C=O) groups excluding carboxylic acids is 1. The van der Waals surface area contributed by atoms with E-state index in [4.69, 9.17) is 0 Å². The van der Waals surface area contributed by atoms with Crippen LogP contribution in [-0.4, -0.2) is 20.5 Å². The SMILES string of the molecule is O=C(Cn1ccc([N+](=O)[O-])n1)c1ccccc1Br. The second-order valence-corrected chi connectivity index (χ2v) is 4.39. The van der Waals surface area contributed by atoms with Gasteiger partial charge in [-0.3, -0.25) is 4.79 Å². The molecule has 0 aliphatic carbocycles. The molecule has 0 aliphatic rings. The zero-order valence-electron chi connectivity index (χ0n) is 9.12. The first-order chi connectivity index (χ1) is 8.58. The molecule has 0 radical (unpaired) electrons. The molecule has 2 rings (SSSR count). The number of hydrogen-bond acceptors (Lipinski definition) is 4. The molecule has 0 bridgehead atoms. The Kier molecular flexibility index (Phi) is 3.52. The Bertz CT molecular complexity index is 609. The number of hydrogen-bond donors (Lipinski definition) is 0. The predicted molar refractivity (Wildman–Crippen MR) is 67.4 cm³/mol. The van der Waals surface area contributed by atoms with Crippen molar-refractivity contribution in [3.05, 3.63) is 56.7 Å². The number of benzene rings is 1. The number of aromatic nitrogens is 2. The Morgan fingerprint density at radius 3 is 2.72 bits per heavy atom. The van der Waals surface area contributed by atoms with Crippen molar-refractivity contribution in [2.45, 2.75) is 6.54 Å². The molecule has 0 unspecified atom stereocenters. The van der Waals surface area contributed by atoms with Crippen LogP contribution in [0.2, 0.25) is 0 Å². The zero-order chi connectivity index (χ0) is 13.1. The summed E-state index contributed by atoms with van der Waals surface area (Å²) in [4.78, 5) is 21.8. The van der Waals surface area contributed by atoms with Gasteiger partial charge in [-0.25, -0.2) is 0 Å². The summed E-state index contributed by atoms with van der Waals surface area (Å²) in [6, 6.07) is 8.26. The van der Waals surface area contributed by atoms with Crippen molar-refractivity contribution < 1.29 is 9.72 Å². The Labute approximate surface area is 111 Å². The summed E-state index contributed by atoms with van der Waals surface area (Å²) < 4.78 is 1.94. The van der Waals surface area contributed by atoms with E-state index in [0.717, 1.165) is 0 Å². The first kappa shape index (κ1) is 12.4. The van der Waals surface area contributed by atoms with Crippen molar-refractivity contribution in [1.82, 2.24) is 9.78 Å². The molecule has 6 nitrogen and oxygen atoms in total. The van der Waals surface area contributed by atoms with Gasteiger partial charge in [0.1, 0.15) is 6.54 Å². The van der Waals surface area contributed by atoms with Gasteiger partial charge in [0.2, 0.25) is 0 Å². The number of nitrogens with zero attached hydrogens (tertiary/aromatic N) is 3. The van der Waals surface area contributed by atoms with Crippen LogP contribution in [0.5, 0.6) is 0 Å². The second kappa shape index (κ2) is 5.09. The van der Waals surface area contributed by atoms with Crippen LogP contribution in [0.1, 0.15) is 10.4 Å². The lowest BCUT2D eigenvalue weighted by atomic mass is 10.1. The van der Waals surface area contributed by atoms with Gasteiger partial charge in [-0.1, -0.05) is 34.1 Å². The molecule has 1 heterocycles. The van der Waals surface area contributed by atoms with Crippen molar-refractivity contribution in [3.63, 3.8) is 0 Å². The standard InChI is InChI=1S/C11H8BrN3O3/c12-9-4-2-1-3-8(9)10(16)7-14-6-5-11(13-14)15(17)18/h1-6H,7H2. The molecule has 0 amide bonds. The molecule has 0 aliphatic heterocycles. The van der Waals surface area contributed by atoms with Crippen LogP contribution in [0, 0.1) is 10.1 Å². The quantitative estimate of drug-likeness (QED) is 0.493. The fourth-order valence-electron chi connectivity index (χ4n) is 1.46. The number of ketones is 1. The van der Waals surface area contributed by atoms with Gasteiger partial charge in [0.15, 0.2) is 5.78 Å². The maximum Gasteiger partial charge on any atom is 0.389 e. The van der Waals surface area contributed by atoms with E-state index in [9.17, 15) is 14.9 Å². The average Bonchev–Trinajstić information content (AvgIpc) is 2.78. The average molecular weight is 310 g/mol. The lowest BCUT2D eigenvalue weighted by Crippen LogP contribution is -2.11. The van der Waals surface area contributed by atoms with Crippen LogP contribution >= 0.6 is 15.9 Å². The van der Waals surface area contributed by atoms with E-state index >= 15 is 0 Å². The van der Waals surface area contributed by atoms with Gasteiger partial charge in [-0.05, 0) is 11.0 Å². The first-order valence-corrected chi connectivity index (χ1v) is 5.83. The molecule has 0 saturated carbocycles. The Morgan fingerprint density at radius 1 is 1.39 bits per heavy atom. The van der Waals surface area contributed by atoms with Gasteiger partial charge < -0.3 is 10.1 Å². The van der Waals surface area contributed by atoms with E-state index in [-0.39, 0.29) is 18.1 Å². The molecule has 7 heteroatoms. The molecule has 0 spiro atoms.